The second-order valence-corrected chi connectivity index (χ2v) is 8.40. The minimum absolute atomic E-state index is 0.0387. The van der Waals surface area contributed by atoms with Crippen molar-refractivity contribution in [3.8, 4) is 27.6 Å². The summed E-state index contributed by atoms with van der Waals surface area (Å²) in [6.45, 7) is 0.0387. The fourth-order valence-electron chi connectivity index (χ4n) is 3.08. The molecule has 0 spiro atoms. The molecule has 8 heteroatoms. The highest BCUT2D eigenvalue weighted by Gasteiger charge is 2.17. The van der Waals surface area contributed by atoms with Gasteiger partial charge in [-0.15, -0.1) is 22.7 Å². The Morgan fingerprint density at radius 1 is 1.07 bits per heavy atom. The molecule has 0 bridgehead atoms. The van der Waals surface area contributed by atoms with E-state index in [1.807, 2.05) is 59.3 Å². The van der Waals surface area contributed by atoms with Crippen LogP contribution in [-0.2, 0) is 4.79 Å². The number of fused-ring (bicyclic) bond motifs is 1. The number of thiophene rings is 1. The minimum atomic E-state index is -0.162. The highest BCUT2D eigenvalue weighted by Crippen LogP contribution is 2.35. The van der Waals surface area contributed by atoms with Crippen molar-refractivity contribution in [3.05, 3.63) is 70.2 Å². The van der Waals surface area contributed by atoms with Gasteiger partial charge in [0.2, 0.25) is 0 Å². The lowest BCUT2D eigenvalue weighted by atomic mass is 10.1. The number of hydrogen-bond donors (Lipinski definition) is 2. The average Bonchev–Trinajstić information content (AvgIpc) is 3.46. The summed E-state index contributed by atoms with van der Waals surface area (Å²) in [5.41, 5.74) is 4.09. The smallest absolute Gasteiger partial charge is 0.265 e. The van der Waals surface area contributed by atoms with Gasteiger partial charge < -0.3 is 15.4 Å². The standard InChI is InChI=1S/C22H15N3O3S2/c26-20-11-28-18-8-5-14(10-16(18)24-20)17-12-30-22(25-17)13-3-6-15(7-4-13)23-21(27)19-2-1-9-29-19/h1-10,12H,11H2,(H,23,27)(H,24,26). The Hall–Kier alpha value is -3.49. The van der Waals surface area contributed by atoms with Gasteiger partial charge in [0.1, 0.15) is 10.8 Å². The summed E-state index contributed by atoms with van der Waals surface area (Å²) in [5, 5.41) is 10.4. The number of hydrogen-bond acceptors (Lipinski definition) is 6. The van der Waals surface area contributed by atoms with Crippen molar-refractivity contribution in [3.63, 3.8) is 0 Å². The molecule has 5 rings (SSSR count). The van der Waals surface area contributed by atoms with E-state index in [1.165, 1.54) is 22.7 Å². The topological polar surface area (TPSA) is 80.3 Å². The third-order valence-electron chi connectivity index (χ3n) is 4.55. The summed E-state index contributed by atoms with van der Waals surface area (Å²) in [7, 11) is 0. The predicted octanol–water partition coefficient (Wildman–Crippen LogP) is 5.12. The number of rotatable bonds is 4. The van der Waals surface area contributed by atoms with E-state index < -0.39 is 0 Å². The molecule has 30 heavy (non-hydrogen) atoms. The third kappa shape index (κ3) is 3.70. The first-order valence-electron chi connectivity index (χ1n) is 9.13. The van der Waals surface area contributed by atoms with Crippen molar-refractivity contribution < 1.29 is 14.3 Å². The predicted molar refractivity (Wildman–Crippen MR) is 119 cm³/mol. The van der Waals surface area contributed by atoms with Crippen LogP contribution in [0.1, 0.15) is 9.67 Å². The molecule has 2 aromatic carbocycles. The number of thiazole rings is 1. The van der Waals surface area contributed by atoms with E-state index in [1.54, 1.807) is 6.07 Å². The molecule has 0 saturated heterocycles. The molecule has 0 fully saturated rings. The summed E-state index contributed by atoms with van der Waals surface area (Å²) < 4.78 is 5.40. The number of aromatic nitrogens is 1. The number of anilines is 2. The Morgan fingerprint density at radius 3 is 2.70 bits per heavy atom. The average molecular weight is 434 g/mol. The normalized spacial score (nSPS) is 12.6. The molecule has 0 aliphatic carbocycles. The summed E-state index contributed by atoms with van der Waals surface area (Å²) >= 11 is 2.95. The largest absolute Gasteiger partial charge is 0.482 e. The zero-order valence-electron chi connectivity index (χ0n) is 15.5. The van der Waals surface area contributed by atoms with Crippen LogP contribution in [0.2, 0.25) is 0 Å². The lowest BCUT2D eigenvalue weighted by Crippen LogP contribution is -2.25. The summed E-state index contributed by atoms with van der Waals surface area (Å²) in [4.78, 5) is 29.1. The molecule has 0 saturated carbocycles. The van der Waals surface area contributed by atoms with Gasteiger partial charge in [0, 0.05) is 22.2 Å². The monoisotopic (exact) mass is 433 g/mol. The Labute approximate surface area is 180 Å². The van der Waals surface area contributed by atoms with Crippen molar-refractivity contribution in [2.45, 2.75) is 0 Å². The fourth-order valence-corrected chi connectivity index (χ4v) is 4.53. The van der Waals surface area contributed by atoms with Crippen LogP contribution in [0.25, 0.3) is 21.8 Å². The quantitative estimate of drug-likeness (QED) is 0.468. The van der Waals surface area contributed by atoms with Gasteiger partial charge in [-0.05, 0) is 53.9 Å². The van der Waals surface area contributed by atoms with Crippen molar-refractivity contribution >= 4 is 45.9 Å². The van der Waals surface area contributed by atoms with Crippen LogP contribution in [0.15, 0.2) is 65.4 Å². The maximum Gasteiger partial charge on any atom is 0.265 e. The summed E-state index contributed by atoms with van der Waals surface area (Å²) in [6.07, 6.45) is 0. The number of carbonyl (C=O) groups excluding carboxylic acids is 2. The SMILES string of the molecule is O=C1COc2ccc(-c3csc(-c4ccc(NC(=O)c5cccs5)cc4)n3)cc2N1. The zero-order chi connectivity index (χ0) is 20.5. The number of ether oxygens (including phenoxy) is 1. The molecule has 0 atom stereocenters. The molecule has 148 valence electrons. The number of nitrogens with zero attached hydrogens (tertiary/aromatic N) is 1. The molecule has 0 unspecified atom stereocenters. The first kappa shape index (κ1) is 18.5. The molecule has 2 aromatic heterocycles. The van der Waals surface area contributed by atoms with E-state index in [-0.39, 0.29) is 18.4 Å². The Morgan fingerprint density at radius 2 is 1.90 bits per heavy atom. The van der Waals surface area contributed by atoms with Gasteiger partial charge in [-0.1, -0.05) is 6.07 Å². The van der Waals surface area contributed by atoms with Crippen molar-refractivity contribution in [2.24, 2.45) is 0 Å². The first-order valence-corrected chi connectivity index (χ1v) is 10.9. The molecular formula is C22H15N3O3S2. The second-order valence-electron chi connectivity index (χ2n) is 6.59. The van der Waals surface area contributed by atoms with Crippen LogP contribution in [-0.4, -0.2) is 23.4 Å². The van der Waals surface area contributed by atoms with E-state index in [9.17, 15) is 9.59 Å². The maximum absolute atomic E-state index is 12.2. The first-order chi connectivity index (χ1) is 14.7. The maximum atomic E-state index is 12.2. The van der Waals surface area contributed by atoms with E-state index >= 15 is 0 Å². The fraction of sp³-hybridized carbons (Fsp3) is 0.0455. The number of nitrogens with one attached hydrogen (secondary N) is 2. The zero-order valence-corrected chi connectivity index (χ0v) is 17.2. The summed E-state index contributed by atoms with van der Waals surface area (Å²) in [5.74, 6) is 0.386. The Balaban J connectivity index is 1.34. The highest BCUT2D eigenvalue weighted by molar-refractivity contribution is 7.13. The highest BCUT2D eigenvalue weighted by atomic mass is 32.1. The van der Waals surface area contributed by atoms with Crippen LogP contribution in [0, 0.1) is 0 Å². The summed E-state index contributed by atoms with van der Waals surface area (Å²) in [6, 6.07) is 16.9. The van der Waals surface area contributed by atoms with E-state index in [0.29, 0.717) is 16.3 Å². The number of amides is 2. The van der Waals surface area contributed by atoms with Gasteiger partial charge in [0.15, 0.2) is 6.61 Å². The Bertz CT molecular complexity index is 1230. The number of benzene rings is 2. The molecule has 2 N–H and O–H groups in total. The molecule has 6 nitrogen and oxygen atoms in total. The van der Waals surface area contributed by atoms with Crippen LogP contribution in [0.3, 0.4) is 0 Å². The van der Waals surface area contributed by atoms with Gasteiger partial charge in [-0.3, -0.25) is 9.59 Å². The molecule has 0 radical (unpaired) electrons. The number of carbonyl (C=O) groups is 2. The second kappa shape index (κ2) is 7.74. The van der Waals surface area contributed by atoms with Gasteiger partial charge >= 0.3 is 0 Å². The van der Waals surface area contributed by atoms with E-state index in [0.717, 1.165) is 27.5 Å². The van der Waals surface area contributed by atoms with Crippen LogP contribution < -0.4 is 15.4 Å². The van der Waals surface area contributed by atoms with Gasteiger partial charge in [0.05, 0.1) is 16.3 Å². The minimum Gasteiger partial charge on any atom is -0.482 e. The van der Waals surface area contributed by atoms with Gasteiger partial charge in [-0.25, -0.2) is 4.98 Å². The van der Waals surface area contributed by atoms with Crippen molar-refractivity contribution in [2.75, 3.05) is 17.2 Å². The van der Waals surface area contributed by atoms with E-state index in [2.05, 4.69) is 10.6 Å². The molecule has 2 amide bonds. The lowest BCUT2D eigenvalue weighted by molar-refractivity contribution is -0.118. The van der Waals surface area contributed by atoms with E-state index in [4.69, 9.17) is 9.72 Å². The Kier molecular flexibility index (Phi) is 4.78. The molecule has 1 aliphatic rings. The molecule has 3 heterocycles. The van der Waals surface area contributed by atoms with Gasteiger partial charge in [0.25, 0.3) is 11.8 Å². The van der Waals surface area contributed by atoms with Crippen molar-refractivity contribution in [1.82, 2.24) is 4.98 Å². The van der Waals surface area contributed by atoms with Gasteiger partial charge in [-0.2, -0.15) is 0 Å². The van der Waals surface area contributed by atoms with Crippen LogP contribution >= 0.6 is 22.7 Å². The third-order valence-corrected chi connectivity index (χ3v) is 6.31. The molecular weight excluding hydrogens is 418 g/mol. The van der Waals surface area contributed by atoms with Crippen LogP contribution in [0.4, 0.5) is 11.4 Å². The lowest BCUT2D eigenvalue weighted by Gasteiger charge is -2.18. The van der Waals surface area contributed by atoms with Crippen molar-refractivity contribution in [1.29, 1.82) is 0 Å². The molecule has 4 aromatic rings. The molecule has 1 aliphatic heterocycles. The van der Waals surface area contributed by atoms with Crippen LogP contribution in [0.5, 0.6) is 5.75 Å².